The molecule has 2 nitrogen and oxygen atoms in total. The van der Waals surface area contributed by atoms with Gasteiger partial charge in [0.25, 0.3) is 0 Å². The van der Waals surface area contributed by atoms with Crippen LogP contribution in [0.3, 0.4) is 0 Å². The van der Waals surface area contributed by atoms with Crippen LogP contribution >= 0.6 is 0 Å². The summed E-state index contributed by atoms with van der Waals surface area (Å²) in [5.41, 5.74) is 0.819. The lowest BCUT2D eigenvalue weighted by atomic mass is 10.2. The van der Waals surface area contributed by atoms with Crippen molar-refractivity contribution in [3.63, 3.8) is 0 Å². The molecule has 17 heavy (non-hydrogen) atoms. The van der Waals surface area contributed by atoms with E-state index in [0.29, 0.717) is 0 Å². The minimum Gasteiger partial charge on any atom is -0.331 e. The molecule has 0 fully saturated rings. The highest BCUT2D eigenvalue weighted by Gasteiger charge is 2.10. The molecule has 0 aliphatic heterocycles. The van der Waals surface area contributed by atoms with E-state index in [1.165, 1.54) is 24.1 Å². The highest BCUT2D eigenvalue weighted by molar-refractivity contribution is 5.15. The van der Waals surface area contributed by atoms with Crippen LogP contribution in [0.25, 0.3) is 0 Å². The Labute approximate surface area is 104 Å². The Kier molecular flexibility index (Phi) is 6.16. The number of quaternary nitrogens is 2. The summed E-state index contributed by atoms with van der Waals surface area (Å²) in [5, 5.41) is 0. The third kappa shape index (κ3) is 4.84. The minimum absolute atomic E-state index is 0.0814. The van der Waals surface area contributed by atoms with E-state index in [4.69, 9.17) is 0 Å². The second-order valence-corrected chi connectivity index (χ2v) is 4.68. The third-order valence-electron chi connectivity index (χ3n) is 3.36. The van der Waals surface area contributed by atoms with Gasteiger partial charge in [-0.15, -0.1) is 0 Å². The van der Waals surface area contributed by atoms with Gasteiger partial charge in [-0.05, 0) is 19.9 Å². The molecule has 0 bridgehead atoms. The number of benzene rings is 1. The first kappa shape index (κ1) is 14.1. The number of likely N-dealkylation sites (N-methyl/N-ethyl adjacent to an activating group) is 2. The second kappa shape index (κ2) is 7.41. The van der Waals surface area contributed by atoms with Gasteiger partial charge >= 0.3 is 0 Å². The molecule has 0 spiro atoms. The second-order valence-electron chi connectivity index (χ2n) is 4.68. The van der Waals surface area contributed by atoms with Gasteiger partial charge in [-0.25, -0.2) is 4.39 Å². The molecule has 1 aromatic rings. The van der Waals surface area contributed by atoms with Gasteiger partial charge in [-0.3, -0.25) is 0 Å². The topological polar surface area (TPSA) is 8.88 Å². The van der Waals surface area contributed by atoms with Crippen LogP contribution in [0.4, 0.5) is 4.39 Å². The highest BCUT2D eigenvalue weighted by atomic mass is 19.1. The molecular formula is C14H25FN2+2. The Balaban J connectivity index is 2.39. The average molecular weight is 240 g/mol. The Morgan fingerprint density at radius 3 is 2.29 bits per heavy atom. The first-order valence-corrected chi connectivity index (χ1v) is 6.55. The number of halogens is 1. The molecule has 1 atom stereocenters. The molecule has 1 aromatic carbocycles. The molecule has 0 aliphatic carbocycles. The summed E-state index contributed by atoms with van der Waals surface area (Å²) < 4.78 is 13.5. The van der Waals surface area contributed by atoms with Gasteiger partial charge in [0.2, 0.25) is 0 Å². The predicted octanol–water partition coefficient (Wildman–Crippen LogP) is -0.235. The maximum atomic E-state index is 13.5. The first-order chi connectivity index (χ1) is 8.17. The summed E-state index contributed by atoms with van der Waals surface area (Å²) in [5.74, 6) is -0.0814. The molecule has 0 aromatic heterocycles. The summed E-state index contributed by atoms with van der Waals surface area (Å²) >= 11 is 0. The first-order valence-electron chi connectivity index (χ1n) is 6.55. The van der Waals surface area contributed by atoms with Gasteiger partial charge in [0.1, 0.15) is 25.5 Å². The number of hydrogen-bond donors (Lipinski definition) is 2. The predicted molar refractivity (Wildman–Crippen MR) is 68.8 cm³/mol. The largest absolute Gasteiger partial charge is 0.331 e. The van der Waals surface area contributed by atoms with E-state index in [9.17, 15) is 4.39 Å². The molecule has 1 rings (SSSR count). The fourth-order valence-electron chi connectivity index (χ4n) is 2.05. The SMILES string of the molecule is CC[NH+](CC)CC[NH+](C)Cc1ccccc1F. The van der Waals surface area contributed by atoms with Crippen molar-refractivity contribution in [1.29, 1.82) is 0 Å². The van der Waals surface area contributed by atoms with E-state index in [1.807, 2.05) is 12.1 Å². The van der Waals surface area contributed by atoms with Gasteiger partial charge < -0.3 is 9.80 Å². The molecule has 0 saturated heterocycles. The molecule has 96 valence electrons. The minimum atomic E-state index is -0.0814. The highest BCUT2D eigenvalue weighted by Crippen LogP contribution is 2.03. The van der Waals surface area contributed by atoms with Gasteiger partial charge in [0, 0.05) is 5.56 Å². The number of rotatable bonds is 7. The molecule has 0 heterocycles. The van der Waals surface area contributed by atoms with E-state index < -0.39 is 0 Å². The molecule has 0 amide bonds. The molecule has 3 heteroatoms. The Hall–Kier alpha value is -0.930. The number of nitrogens with one attached hydrogen (secondary N) is 2. The van der Waals surface area contributed by atoms with E-state index in [0.717, 1.165) is 25.2 Å². The van der Waals surface area contributed by atoms with Crippen LogP contribution in [0, 0.1) is 5.82 Å². The van der Waals surface area contributed by atoms with Crippen LogP contribution in [0.1, 0.15) is 19.4 Å². The fourth-order valence-corrected chi connectivity index (χ4v) is 2.05. The maximum absolute atomic E-state index is 13.5. The van der Waals surface area contributed by atoms with Crippen molar-refractivity contribution in [2.75, 3.05) is 33.2 Å². The summed E-state index contributed by atoms with van der Waals surface area (Å²) in [6, 6.07) is 7.07. The quantitative estimate of drug-likeness (QED) is 0.651. The van der Waals surface area contributed by atoms with Crippen LogP contribution in [0.15, 0.2) is 24.3 Å². The molecule has 2 N–H and O–H groups in total. The van der Waals surface area contributed by atoms with Crippen molar-refractivity contribution in [1.82, 2.24) is 0 Å². The van der Waals surface area contributed by atoms with Crippen LogP contribution < -0.4 is 9.80 Å². The standard InChI is InChI=1S/C14H23FN2/c1-4-17(5-2)11-10-16(3)12-13-8-6-7-9-14(13)15/h6-9H,4-5,10-12H2,1-3H3/p+2. The lowest BCUT2D eigenvalue weighted by molar-refractivity contribution is -0.953. The summed E-state index contributed by atoms with van der Waals surface area (Å²) in [7, 11) is 2.13. The zero-order chi connectivity index (χ0) is 12.7. The summed E-state index contributed by atoms with van der Waals surface area (Å²) in [4.78, 5) is 2.98. The van der Waals surface area contributed by atoms with E-state index in [1.54, 1.807) is 11.0 Å². The normalized spacial score (nSPS) is 13.0. The van der Waals surface area contributed by atoms with Crippen molar-refractivity contribution < 1.29 is 14.2 Å². The van der Waals surface area contributed by atoms with Crippen LogP contribution in [-0.2, 0) is 6.54 Å². The lowest BCUT2D eigenvalue weighted by Crippen LogP contribution is -3.18. The monoisotopic (exact) mass is 240 g/mol. The molecule has 1 unspecified atom stereocenters. The van der Waals surface area contributed by atoms with Crippen molar-refractivity contribution in [2.45, 2.75) is 20.4 Å². The van der Waals surface area contributed by atoms with E-state index in [-0.39, 0.29) is 5.82 Å². The van der Waals surface area contributed by atoms with Gasteiger partial charge in [-0.2, -0.15) is 0 Å². The van der Waals surface area contributed by atoms with Crippen LogP contribution in [0.2, 0.25) is 0 Å². The fraction of sp³-hybridized carbons (Fsp3) is 0.571. The maximum Gasteiger partial charge on any atom is 0.132 e. The van der Waals surface area contributed by atoms with Crippen LogP contribution in [0.5, 0.6) is 0 Å². The van der Waals surface area contributed by atoms with Crippen molar-refractivity contribution in [3.8, 4) is 0 Å². The third-order valence-corrected chi connectivity index (χ3v) is 3.36. The smallest absolute Gasteiger partial charge is 0.132 e. The van der Waals surface area contributed by atoms with E-state index in [2.05, 4.69) is 20.9 Å². The average Bonchev–Trinajstić information content (AvgIpc) is 2.33. The Morgan fingerprint density at radius 1 is 1.06 bits per heavy atom. The van der Waals surface area contributed by atoms with Gasteiger partial charge in [-0.1, -0.05) is 18.2 Å². The Morgan fingerprint density at radius 2 is 1.71 bits per heavy atom. The van der Waals surface area contributed by atoms with Crippen molar-refractivity contribution in [3.05, 3.63) is 35.6 Å². The zero-order valence-electron chi connectivity index (χ0n) is 11.2. The Bertz CT molecular complexity index is 324. The molecule has 0 radical (unpaired) electrons. The molecule has 0 saturated carbocycles. The van der Waals surface area contributed by atoms with Gasteiger partial charge in [0.05, 0.1) is 20.1 Å². The summed E-state index contributed by atoms with van der Waals surface area (Å²) in [6.45, 7) is 9.79. The lowest BCUT2D eigenvalue weighted by Gasteiger charge is -2.19. The zero-order valence-corrected chi connectivity index (χ0v) is 11.2. The van der Waals surface area contributed by atoms with Crippen LogP contribution in [-0.4, -0.2) is 33.2 Å². The van der Waals surface area contributed by atoms with Gasteiger partial charge in [0.15, 0.2) is 0 Å². The van der Waals surface area contributed by atoms with Crippen molar-refractivity contribution >= 4 is 0 Å². The van der Waals surface area contributed by atoms with E-state index >= 15 is 0 Å². The summed E-state index contributed by atoms with van der Waals surface area (Å²) in [6.07, 6.45) is 0. The molecule has 0 aliphatic rings. The number of hydrogen-bond acceptors (Lipinski definition) is 0. The van der Waals surface area contributed by atoms with Crippen molar-refractivity contribution in [2.24, 2.45) is 0 Å². The molecular weight excluding hydrogens is 215 g/mol.